The van der Waals surface area contributed by atoms with E-state index in [1.54, 1.807) is 4.68 Å². The van der Waals surface area contributed by atoms with E-state index in [1.165, 1.54) is 0 Å². The lowest BCUT2D eigenvalue weighted by Crippen LogP contribution is -2.07. The van der Waals surface area contributed by atoms with Crippen molar-refractivity contribution >= 4 is 5.97 Å². The first kappa shape index (κ1) is 17.5. The molecule has 0 aliphatic carbocycles. The van der Waals surface area contributed by atoms with Crippen LogP contribution in [0.1, 0.15) is 28.9 Å². The number of tetrazole rings is 1. The molecule has 4 rings (SSSR count). The Bertz CT molecular complexity index is 1100. The molecule has 140 valence electrons. The number of carbonyl (C=O) groups is 1. The maximum atomic E-state index is 11.1. The zero-order valence-corrected chi connectivity index (χ0v) is 15.1. The third kappa shape index (κ3) is 3.37. The average molecular weight is 375 g/mol. The molecule has 0 saturated heterocycles. The van der Waals surface area contributed by atoms with Crippen LogP contribution in [0.5, 0.6) is 0 Å². The maximum Gasteiger partial charge on any atom is 0.375 e. The highest BCUT2D eigenvalue weighted by molar-refractivity contribution is 5.83. The number of nitrogens with zero attached hydrogens (tertiary/aromatic N) is 6. The van der Waals surface area contributed by atoms with Crippen molar-refractivity contribution in [2.75, 3.05) is 0 Å². The number of nitrogens with one attached hydrogen (secondary N) is 1. The summed E-state index contributed by atoms with van der Waals surface area (Å²) in [5, 5.41) is 27.4. The zero-order chi connectivity index (χ0) is 19.5. The molecular formula is C19H17N7O2. The highest BCUT2D eigenvalue weighted by Crippen LogP contribution is 2.29. The van der Waals surface area contributed by atoms with Crippen molar-refractivity contribution in [1.82, 2.24) is 35.4 Å². The van der Waals surface area contributed by atoms with Crippen molar-refractivity contribution in [3.8, 4) is 22.5 Å². The average Bonchev–Trinajstić information content (AvgIpc) is 3.39. The van der Waals surface area contributed by atoms with Gasteiger partial charge in [-0.3, -0.25) is 0 Å². The number of hydrogen-bond acceptors (Lipinski definition) is 6. The van der Waals surface area contributed by atoms with Crippen molar-refractivity contribution in [3.05, 3.63) is 65.7 Å². The topological polar surface area (TPSA) is 122 Å². The van der Waals surface area contributed by atoms with Crippen molar-refractivity contribution in [3.63, 3.8) is 0 Å². The van der Waals surface area contributed by atoms with Gasteiger partial charge in [-0.15, -0.1) is 15.3 Å². The molecule has 0 bridgehead atoms. The molecule has 2 heterocycles. The predicted molar refractivity (Wildman–Crippen MR) is 101 cm³/mol. The monoisotopic (exact) mass is 375 g/mol. The Morgan fingerprint density at radius 3 is 2.50 bits per heavy atom. The Hall–Kier alpha value is -3.88. The molecule has 9 nitrogen and oxygen atoms in total. The highest BCUT2D eigenvalue weighted by Gasteiger charge is 2.15. The Kier molecular flexibility index (Phi) is 4.63. The van der Waals surface area contributed by atoms with Crippen LogP contribution in [0.4, 0.5) is 0 Å². The second-order valence-corrected chi connectivity index (χ2v) is 6.15. The van der Waals surface area contributed by atoms with Gasteiger partial charge < -0.3 is 5.11 Å². The fourth-order valence-electron chi connectivity index (χ4n) is 3.02. The standard InChI is InChI=1S/C19H17N7O2/c1-2-16-20-18(19(27)28)23-26(16)11-12-7-9-13(10-8-12)14-5-3-4-6-15(14)17-21-24-25-22-17/h3-10H,2,11H2,1H3,(H,27,28)(H,21,22,24,25). The van der Waals surface area contributed by atoms with Crippen LogP contribution in [0.3, 0.4) is 0 Å². The Morgan fingerprint density at radius 2 is 1.86 bits per heavy atom. The molecular weight excluding hydrogens is 358 g/mol. The molecule has 0 saturated carbocycles. The van der Waals surface area contributed by atoms with Gasteiger partial charge in [0.05, 0.1) is 6.54 Å². The van der Waals surface area contributed by atoms with Crippen LogP contribution >= 0.6 is 0 Å². The molecule has 0 radical (unpaired) electrons. The number of rotatable bonds is 6. The summed E-state index contributed by atoms with van der Waals surface area (Å²) in [5.74, 6) is -0.121. The van der Waals surface area contributed by atoms with Crippen molar-refractivity contribution in [2.24, 2.45) is 0 Å². The van der Waals surface area contributed by atoms with E-state index in [9.17, 15) is 4.79 Å². The van der Waals surface area contributed by atoms with Gasteiger partial charge in [-0.1, -0.05) is 55.5 Å². The van der Waals surface area contributed by atoms with Crippen LogP contribution in [0.25, 0.3) is 22.5 Å². The van der Waals surface area contributed by atoms with E-state index >= 15 is 0 Å². The SMILES string of the molecule is CCc1nc(C(=O)O)nn1Cc1ccc(-c2ccccc2-c2nn[nH]n2)cc1. The van der Waals surface area contributed by atoms with E-state index in [4.69, 9.17) is 5.11 Å². The van der Waals surface area contributed by atoms with Gasteiger partial charge in [0.2, 0.25) is 5.82 Å². The van der Waals surface area contributed by atoms with Gasteiger partial charge in [0.25, 0.3) is 5.82 Å². The molecule has 4 aromatic rings. The molecule has 9 heteroatoms. The van der Waals surface area contributed by atoms with Crippen LogP contribution in [0.15, 0.2) is 48.5 Å². The second kappa shape index (κ2) is 7.39. The van der Waals surface area contributed by atoms with Crippen molar-refractivity contribution in [1.29, 1.82) is 0 Å². The molecule has 2 N–H and O–H groups in total. The molecule has 2 aromatic carbocycles. The van der Waals surface area contributed by atoms with Gasteiger partial charge >= 0.3 is 5.97 Å². The Balaban J connectivity index is 1.62. The number of aromatic carboxylic acids is 1. The highest BCUT2D eigenvalue weighted by atomic mass is 16.4. The number of H-pyrrole nitrogens is 1. The fraction of sp³-hybridized carbons (Fsp3) is 0.158. The predicted octanol–water partition coefficient (Wildman–Crippen LogP) is 2.43. The molecule has 2 aromatic heterocycles. The van der Waals surface area contributed by atoms with Crippen molar-refractivity contribution in [2.45, 2.75) is 19.9 Å². The minimum atomic E-state index is -1.12. The number of carboxylic acids is 1. The molecule has 0 unspecified atom stereocenters. The second-order valence-electron chi connectivity index (χ2n) is 6.15. The lowest BCUT2D eigenvalue weighted by atomic mass is 9.98. The largest absolute Gasteiger partial charge is 0.475 e. The summed E-state index contributed by atoms with van der Waals surface area (Å²) >= 11 is 0. The zero-order valence-electron chi connectivity index (χ0n) is 15.1. The van der Waals surface area contributed by atoms with E-state index in [1.807, 2.05) is 55.5 Å². The molecule has 0 fully saturated rings. The number of aryl methyl sites for hydroxylation is 1. The molecule has 0 aliphatic heterocycles. The maximum absolute atomic E-state index is 11.1. The molecule has 28 heavy (non-hydrogen) atoms. The molecule has 0 amide bonds. The van der Waals surface area contributed by atoms with Crippen LogP contribution in [0, 0.1) is 0 Å². The summed E-state index contributed by atoms with van der Waals surface area (Å²) in [6, 6.07) is 15.8. The van der Waals surface area contributed by atoms with Crippen molar-refractivity contribution < 1.29 is 9.90 Å². The van der Waals surface area contributed by atoms with Crippen LogP contribution in [-0.2, 0) is 13.0 Å². The number of hydrogen-bond donors (Lipinski definition) is 2. The summed E-state index contributed by atoms with van der Waals surface area (Å²) in [7, 11) is 0. The van der Waals surface area contributed by atoms with Gasteiger partial charge in [-0.2, -0.15) is 5.21 Å². The van der Waals surface area contributed by atoms with Gasteiger partial charge in [0.15, 0.2) is 0 Å². The first-order valence-electron chi connectivity index (χ1n) is 8.75. The minimum Gasteiger partial charge on any atom is -0.475 e. The van der Waals surface area contributed by atoms with E-state index in [-0.39, 0.29) is 5.82 Å². The van der Waals surface area contributed by atoms with Gasteiger partial charge in [0.1, 0.15) is 5.82 Å². The summed E-state index contributed by atoms with van der Waals surface area (Å²) in [4.78, 5) is 15.2. The Morgan fingerprint density at radius 1 is 1.11 bits per heavy atom. The lowest BCUT2D eigenvalue weighted by molar-refractivity contribution is 0.0683. The van der Waals surface area contributed by atoms with Gasteiger partial charge in [0, 0.05) is 12.0 Å². The van der Waals surface area contributed by atoms with E-state index in [2.05, 4.69) is 30.7 Å². The lowest BCUT2D eigenvalue weighted by Gasteiger charge is -2.09. The fourth-order valence-corrected chi connectivity index (χ4v) is 3.02. The normalized spacial score (nSPS) is 10.9. The number of aromatic amines is 1. The number of benzene rings is 2. The summed E-state index contributed by atoms with van der Waals surface area (Å²) < 4.78 is 1.63. The molecule has 0 spiro atoms. The third-order valence-corrected chi connectivity index (χ3v) is 4.37. The van der Waals surface area contributed by atoms with Crippen LogP contribution in [-0.4, -0.2) is 46.5 Å². The van der Waals surface area contributed by atoms with E-state index < -0.39 is 5.97 Å². The minimum absolute atomic E-state index is 0.178. The molecule has 0 aliphatic rings. The van der Waals surface area contributed by atoms with Crippen LogP contribution in [0.2, 0.25) is 0 Å². The Labute approximate surface area is 160 Å². The van der Waals surface area contributed by atoms with E-state index in [0.717, 1.165) is 22.3 Å². The quantitative estimate of drug-likeness (QED) is 0.530. The molecule has 0 atom stereocenters. The summed E-state index contributed by atoms with van der Waals surface area (Å²) in [6.45, 7) is 2.38. The third-order valence-electron chi connectivity index (χ3n) is 4.37. The van der Waals surface area contributed by atoms with Gasteiger partial charge in [-0.05, 0) is 21.9 Å². The summed E-state index contributed by atoms with van der Waals surface area (Å²) in [5.41, 5.74) is 3.90. The summed E-state index contributed by atoms with van der Waals surface area (Å²) in [6.07, 6.45) is 0.608. The number of carboxylic acid groups (broad SMARTS) is 1. The van der Waals surface area contributed by atoms with Gasteiger partial charge in [-0.25, -0.2) is 14.5 Å². The van der Waals surface area contributed by atoms with Crippen LogP contribution < -0.4 is 0 Å². The first-order valence-corrected chi connectivity index (χ1v) is 8.75. The number of aromatic nitrogens is 7. The smallest absolute Gasteiger partial charge is 0.375 e. The first-order chi connectivity index (χ1) is 13.7. The van der Waals surface area contributed by atoms with E-state index in [0.29, 0.717) is 24.6 Å².